The molecule has 2 rings (SSSR count). The SMILES string of the molecule is C=Cc1cn(-c2ccccn2)nc1/C=C\C.CC. The van der Waals surface area contributed by atoms with Crippen LogP contribution in [0.5, 0.6) is 0 Å². The van der Waals surface area contributed by atoms with Crippen molar-refractivity contribution >= 4 is 12.2 Å². The third-order valence-corrected chi connectivity index (χ3v) is 2.20. The van der Waals surface area contributed by atoms with Gasteiger partial charge in [0.05, 0.1) is 5.69 Å². The zero-order valence-corrected chi connectivity index (χ0v) is 11.2. The lowest BCUT2D eigenvalue weighted by atomic mass is 10.2. The molecule has 0 saturated heterocycles. The summed E-state index contributed by atoms with van der Waals surface area (Å²) in [5.41, 5.74) is 1.91. The first kappa shape index (κ1) is 13.9. The second-order valence-corrected chi connectivity index (χ2v) is 3.31. The monoisotopic (exact) mass is 241 g/mol. The number of hydrogen-bond acceptors (Lipinski definition) is 2. The second-order valence-electron chi connectivity index (χ2n) is 3.31. The number of aromatic nitrogens is 3. The quantitative estimate of drug-likeness (QED) is 0.814. The minimum atomic E-state index is 0.807. The molecule has 0 bridgehead atoms. The van der Waals surface area contributed by atoms with Gasteiger partial charge in [-0.15, -0.1) is 0 Å². The standard InChI is InChI=1S/C13H13N3.C2H6/c1-3-7-12-11(4-2)10-16(15-12)13-8-5-6-9-14-13;1-2/h3-10H,2H2,1H3;1-2H3/b7-3-;. The average molecular weight is 241 g/mol. The summed E-state index contributed by atoms with van der Waals surface area (Å²) in [5.74, 6) is 0.807. The highest BCUT2D eigenvalue weighted by atomic mass is 15.3. The first-order valence-corrected chi connectivity index (χ1v) is 6.11. The van der Waals surface area contributed by atoms with Crippen LogP contribution in [0.15, 0.2) is 43.2 Å². The molecule has 0 unspecified atom stereocenters. The molecule has 18 heavy (non-hydrogen) atoms. The molecule has 3 heteroatoms. The Hall–Kier alpha value is -2.16. The Morgan fingerprint density at radius 1 is 1.28 bits per heavy atom. The van der Waals surface area contributed by atoms with Crippen molar-refractivity contribution in [3.05, 3.63) is 54.5 Å². The highest BCUT2D eigenvalue weighted by molar-refractivity contribution is 5.61. The fraction of sp³-hybridized carbons (Fsp3) is 0.200. The molecule has 0 fully saturated rings. The summed E-state index contributed by atoms with van der Waals surface area (Å²) in [4.78, 5) is 4.24. The highest BCUT2D eigenvalue weighted by Gasteiger charge is 2.04. The molecule has 94 valence electrons. The molecule has 0 aliphatic rings. The van der Waals surface area contributed by atoms with E-state index in [1.165, 1.54) is 0 Å². The fourth-order valence-corrected chi connectivity index (χ4v) is 1.45. The Kier molecular flexibility index (Phi) is 5.58. The molecular formula is C15H19N3. The summed E-state index contributed by atoms with van der Waals surface area (Å²) in [6.07, 6.45) is 9.38. The van der Waals surface area contributed by atoms with E-state index >= 15 is 0 Å². The van der Waals surface area contributed by atoms with Gasteiger partial charge in [0.1, 0.15) is 0 Å². The Labute approximate surface area is 108 Å². The van der Waals surface area contributed by atoms with Crippen LogP contribution >= 0.6 is 0 Å². The zero-order valence-electron chi connectivity index (χ0n) is 11.2. The smallest absolute Gasteiger partial charge is 0.153 e. The van der Waals surface area contributed by atoms with Gasteiger partial charge in [-0.05, 0) is 25.1 Å². The lowest BCUT2D eigenvalue weighted by molar-refractivity contribution is 0.843. The first-order chi connectivity index (χ1) is 8.85. The van der Waals surface area contributed by atoms with Crippen LogP contribution in [0.2, 0.25) is 0 Å². The molecular weight excluding hydrogens is 222 g/mol. The first-order valence-electron chi connectivity index (χ1n) is 6.11. The number of rotatable bonds is 3. The van der Waals surface area contributed by atoms with Gasteiger partial charge in [-0.1, -0.05) is 38.6 Å². The number of nitrogens with zero attached hydrogens (tertiary/aromatic N) is 3. The van der Waals surface area contributed by atoms with Crippen molar-refractivity contribution in [2.45, 2.75) is 20.8 Å². The van der Waals surface area contributed by atoms with E-state index < -0.39 is 0 Å². The number of hydrogen-bond donors (Lipinski definition) is 0. The van der Waals surface area contributed by atoms with E-state index in [1.54, 1.807) is 17.0 Å². The zero-order chi connectivity index (χ0) is 13.4. The highest BCUT2D eigenvalue weighted by Crippen LogP contribution is 2.13. The lowest BCUT2D eigenvalue weighted by Crippen LogP contribution is -1.96. The van der Waals surface area contributed by atoms with E-state index in [2.05, 4.69) is 16.7 Å². The van der Waals surface area contributed by atoms with Gasteiger partial charge >= 0.3 is 0 Å². The second kappa shape index (κ2) is 7.22. The van der Waals surface area contributed by atoms with Gasteiger partial charge in [-0.2, -0.15) is 5.10 Å². The molecule has 3 nitrogen and oxygen atoms in total. The van der Waals surface area contributed by atoms with E-state index in [9.17, 15) is 0 Å². The van der Waals surface area contributed by atoms with Crippen LogP contribution in [0.25, 0.3) is 18.0 Å². The van der Waals surface area contributed by atoms with Crippen molar-refractivity contribution < 1.29 is 0 Å². The topological polar surface area (TPSA) is 30.7 Å². The van der Waals surface area contributed by atoms with Gasteiger partial charge in [0, 0.05) is 18.0 Å². The average Bonchev–Trinajstić information content (AvgIpc) is 2.86. The third kappa shape index (κ3) is 3.17. The molecule has 0 radical (unpaired) electrons. The Morgan fingerprint density at radius 3 is 2.61 bits per heavy atom. The molecule has 0 spiro atoms. The van der Waals surface area contributed by atoms with Crippen LogP contribution in [0.1, 0.15) is 32.0 Å². The van der Waals surface area contributed by atoms with E-state index in [-0.39, 0.29) is 0 Å². The predicted molar refractivity (Wildman–Crippen MR) is 77.5 cm³/mol. The summed E-state index contributed by atoms with van der Waals surface area (Å²) >= 11 is 0. The third-order valence-electron chi connectivity index (χ3n) is 2.20. The molecule has 0 saturated carbocycles. The minimum absolute atomic E-state index is 0.807. The molecule has 0 atom stereocenters. The van der Waals surface area contributed by atoms with Crippen molar-refractivity contribution in [3.8, 4) is 5.82 Å². The number of pyridine rings is 1. The largest absolute Gasteiger partial charge is 0.237 e. The molecule has 2 aromatic rings. The molecule has 0 aliphatic heterocycles. The van der Waals surface area contributed by atoms with Crippen molar-refractivity contribution in [3.63, 3.8) is 0 Å². The summed E-state index contributed by atoms with van der Waals surface area (Å²) < 4.78 is 1.76. The molecule has 0 N–H and O–H groups in total. The van der Waals surface area contributed by atoms with Crippen molar-refractivity contribution in [1.29, 1.82) is 0 Å². The fourth-order valence-electron chi connectivity index (χ4n) is 1.45. The summed E-state index contributed by atoms with van der Waals surface area (Å²) in [7, 11) is 0. The lowest BCUT2D eigenvalue weighted by Gasteiger charge is -1.97. The van der Waals surface area contributed by atoms with E-state index in [1.807, 2.05) is 57.3 Å². The van der Waals surface area contributed by atoms with E-state index in [0.717, 1.165) is 17.1 Å². The minimum Gasteiger partial charge on any atom is -0.237 e. The van der Waals surface area contributed by atoms with Crippen LogP contribution in [-0.2, 0) is 0 Å². The van der Waals surface area contributed by atoms with Gasteiger partial charge in [-0.25, -0.2) is 9.67 Å². The Balaban J connectivity index is 0.000000771. The molecule has 2 aromatic heterocycles. The van der Waals surface area contributed by atoms with Crippen LogP contribution in [0.4, 0.5) is 0 Å². The van der Waals surface area contributed by atoms with Gasteiger partial charge in [0.2, 0.25) is 0 Å². The molecule has 2 heterocycles. The van der Waals surface area contributed by atoms with E-state index in [4.69, 9.17) is 0 Å². The van der Waals surface area contributed by atoms with Gasteiger partial charge < -0.3 is 0 Å². The van der Waals surface area contributed by atoms with E-state index in [0.29, 0.717) is 0 Å². The Bertz CT molecular complexity index is 510. The summed E-state index contributed by atoms with van der Waals surface area (Å²) in [6, 6.07) is 5.74. The van der Waals surface area contributed by atoms with Crippen molar-refractivity contribution in [1.82, 2.24) is 14.8 Å². The Morgan fingerprint density at radius 2 is 2.06 bits per heavy atom. The molecule has 0 aliphatic carbocycles. The number of allylic oxidation sites excluding steroid dienone is 1. The van der Waals surface area contributed by atoms with Gasteiger partial charge in [-0.3, -0.25) is 0 Å². The predicted octanol–water partition coefficient (Wildman–Crippen LogP) is 3.97. The molecule has 0 amide bonds. The van der Waals surface area contributed by atoms with Crippen LogP contribution < -0.4 is 0 Å². The summed E-state index contributed by atoms with van der Waals surface area (Å²) in [6.45, 7) is 9.74. The molecule has 0 aromatic carbocycles. The van der Waals surface area contributed by atoms with Gasteiger partial charge in [0.25, 0.3) is 0 Å². The van der Waals surface area contributed by atoms with Crippen LogP contribution in [0.3, 0.4) is 0 Å². The van der Waals surface area contributed by atoms with Crippen LogP contribution in [0, 0.1) is 0 Å². The van der Waals surface area contributed by atoms with Crippen molar-refractivity contribution in [2.75, 3.05) is 0 Å². The van der Waals surface area contributed by atoms with Crippen LogP contribution in [-0.4, -0.2) is 14.8 Å². The maximum atomic E-state index is 4.44. The maximum absolute atomic E-state index is 4.44. The summed E-state index contributed by atoms with van der Waals surface area (Å²) in [5, 5.41) is 4.44. The normalized spacial score (nSPS) is 9.94. The maximum Gasteiger partial charge on any atom is 0.153 e. The van der Waals surface area contributed by atoms with Crippen molar-refractivity contribution in [2.24, 2.45) is 0 Å². The van der Waals surface area contributed by atoms with Gasteiger partial charge in [0.15, 0.2) is 5.82 Å².